The van der Waals surface area contributed by atoms with E-state index in [1.54, 1.807) is 18.2 Å². The Hall–Kier alpha value is -2.95. The van der Waals surface area contributed by atoms with Crippen LogP contribution in [0.4, 0.5) is 0 Å². The fourth-order valence-corrected chi connectivity index (χ4v) is 2.32. The third kappa shape index (κ3) is 2.61. The molecule has 0 aliphatic heterocycles. The highest BCUT2D eigenvalue weighted by atomic mass is 16.5. The van der Waals surface area contributed by atoms with Crippen LogP contribution in [0, 0.1) is 5.21 Å². The van der Waals surface area contributed by atoms with E-state index in [0.717, 1.165) is 10.3 Å². The Kier molecular flexibility index (Phi) is 3.70. The van der Waals surface area contributed by atoms with E-state index in [9.17, 15) is 10.0 Å². The van der Waals surface area contributed by atoms with Crippen molar-refractivity contribution in [2.75, 3.05) is 0 Å². The van der Waals surface area contributed by atoms with Gasteiger partial charge in [0, 0.05) is 18.6 Å². The molecule has 3 aromatic rings. The molecule has 1 heterocycles. The van der Waals surface area contributed by atoms with Crippen molar-refractivity contribution in [2.24, 2.45) is 0 Å². The molecule has 110 valence electrons. The minimum absolute atomic E-state index is 0.0351. The van der Waals surface area contributed by atoms with Gasteiger partial charge in [-0.15, -0.1) is 0 Å². The van der Waals surface area contributed by atoms with Gasteiger partial charge in [0.25, 0.3) is 0 Å². The van der Waals surface area contributed by atoms with E-state index in [-0.39, 0.29) is 6.61 Å². The van der Waals surface area contributed by atoms with Crippen molar-refractivity contribution in [2.45, 2.75) is 13.5 Å². The average molecular weight is 294 g/mol. The second kappa shape index (κ2) is 5.81. The maximum absolute atomic E-state index is 12.7. The lowest BCUT2D eigenvalue weighted by atomic mass is 10.1. The molecular formula is C17H14N2O3. The standard InChI is InChI=1S/C17H14N2O3/c1-12(20)22-11-15-17(13-7-3-2-4-8-13)19(21)16-10-6-5-9-14(16)18-15/h2-10H,11H2,1H3. The van der Waals surface area contributed by atoms with Crippen LogP contribution in [0.3, 0.4) is 0 Å². The second-order valence-corrected chi connectivity index (χ2v) is 4.84. The molecule has 2 aromatic carbocycles. The molecule has 0 saturated heterocycles. The van der Waals surface area contributed by atoms with Crippen LogP contribution >= 0.6 is 0 Å². The first-order chi connectivity index (χ1) is 10.7. The zero-order valence-electron chi connectivity index (χ0n) is 12.0. The lowest BCUT2D eigenvalue weighted by Crippen LogP contribution is -2.32. The first-order valence-corrected chi connectivity index (χ1v) is 6.87. The Morgan fingerprint density at radius 2 is 1.82 bits per heavy atom. The molecule has 0 amide bonds. The van der Waals surface area contributed by atoms with Gasteiger partial charge in [-0.25, -0.2) is 4.98 Å². The van der Waals surface area contributed by atoms with Crippen LogP contribution in [0.1, 0.15) is 12.6 Å². The first kappa shape index (κ1) is 14.0. The number of fused-ring (bicyclic) bond motifs is 1. The van der Waals surface area contributed by atoms with Crippen molar-refractivity contribution in [1.29, 1.82) is 0 Å². The molecule has 22 heavy (non-hydrogen) atoms. The molecule has 5 nitrogen and oxygen atoms in total. The van der Waals surface area contributed by atoms with Gasteiger partial charge in [0.15, 0.2) is 5.69 Å². The number of benzene rings is 2. The number of ether oxygens (including phenoxy) is 1. The highest BCUT2D eigenvalue weighted by Crippen LogP contribution is 2.22. The Morgan fingerprint density at radius 3 is 2.55 bits per heavy atom. The summed E-state index contributed by atoms with van der Waals surface area (Å²) in [7, 11) is 0. The van der Waals surface area contributed by atoms with Crippen LogP contribution < -0.4 is 4.73 Å². The number of para-hydroxylation sites is 2. The van der Waals surface area contributed by atoms with Crippen LogP contribution in [0.2, 0.25) is 0 Å². The van der Waals surface area contributed by atoms with E-state index >= 15 is 0 Å². The van der Waals surface area contributed by atoms with Crippen LogP contribution in [-0.4, -0.2) is 11.0 Å². The average Bonchev–Trinajstić information content (AvgIpc) is 2.54. The molecule has 5 heteroatoms. The van der Waals surface area contributed by atoms with Crippen molar-refractivity contribution in [3.8, 4) is 11.3 Å². The fraction of sp³-hybridized carbons (Fsp3) is 0.118. The molecule has 0 saturated carbocycles. The molecule has 0 spiro atoms. The zero-order chi connectivity index (χ0) is 15.5. The summed E-state index contributed by atoms with van der Waals surface area (Å²) in [6.45, 7) is 1.29. The summed E-state index contributed by atoms with van der Waals surface area (Å²) in [6, 6.07) is 16.3. The summed E-state index contributed by atoms with van der Waals surface area (Å²) < 4.78 is 5.88. The first-order valence-electron chi connectivity index (χ1n) is 6.87. The van der Waals surface area contributed by atoms with Gasteiger partial charge in [0.1, 0.15) is 12.1 Å². The molecule has 0 aliphatic rings. The third-order valence-electron chi connectivity index (χ3n) is 3.29. The molecule has 0 fully saturated rings. The summed E-state index contributed by atoms with van der Waals surface area (Å²) in [5.41, 5.74) is 2.63. The SMILES string of the molecule is CC(=O)OCc1nc2ccccc2[n+]([O-])c1-c1ccccc1. The predicted molar refractivity (Wildman–Crippen MR) is 81.6 cm³/mol. The number of aromatic nitrogens is 2. The molecule has 0 radical (unpaired) electrons. The lowest BCUT2D eigenvalue weighted by Gasteiger charge is -2.12. The van der Waals surface area contributed by atoms with E-state index in [0.29, 0.717) is 22.4 Å². The van der Waals surface area contributed by atoms with Gasteiger partial charge in [0.2, 0.25) is 11.2 Å². The van der Waals surface area contributed by atoms with E-state index < -0.39 is 5.97 Å². The Morgan fingerprint density at radius 1 is 1.14 bits per heavy atom. The normalized spacial score (nSPS) is 10.6. The summed E-state index contributed by atoms with van der Waals surface area (Å²) in [5, 5.41) is 12.7. The minimum Gasteiger partial charge on any atom is -0.618 e. The van der Waals surface area contributed by atoms with E-state index in [1.807, 2.05) is 36.4 Å². The summed E-state index contributed by atoms with van der Waals surface area (Å²) in [5.74, 6) is -0.411. The molecular weight excluding hydrogens is 280 g/mol. The second-order valence-electron chi connectivity index (χ2n) is 4.84. The molecule has 0 N–H and O–H groups in total. The van der Waals surface area contributed by atoms with Crippen molar-refractivity contribution in [3.05, 3.63) is 65.5 Å². The Labute approximate surface area is 127 Å². The molecule has 3 rings (SSSR count). The van der Waals surface area contributed by atoms with Gasteiger partial charge in [-0.3, -0.25) is 4.79 Å². The van der Waals surface area contributed by atoms with E-state index in [1.165, 1.54) is 6.92 Å². The van der Waals surface area contributed by atoms with Crippen LogP contribution in [-0.2, 0) is 16.1 Å². The van der Waals surface area contributed by atoms with Gasteiger partial charge < -0.3 is 9.94 Å². The number of hydrogen-bond acceptors (Lipinski definition) is 4. The van der Waals surface area contributed by atoms with Gasteiger partial charge >= 0.3 is 5.97 Å². The largest absolute Gasteiger partial charge is 0.618 e. The van der Waals surface area contributed by atoms with Crippen LogP contribution in [0.25, 0.3) is 22.3 Å². The van der Waals surface area contributed by atoms with Gasteiger partial charge in [0.05, 0.1) is 0 Å². The van der Waals surface area contributed by atoms with Crippen LogP contribution in [0.5, 0.6) is 0 Å². The molecule has 0 aliphatic carbocycles. The highest BCUT2D eigenvalue weighted by Gasteiger charge is 2.21. The van der Waals surface area contributed by atoms with Gasteiger partial charge in [-0.1, -0.05) is 30.3 Å². The predicted octanol–water partition coefficient (Wildman–Crippen LogP) is 2.60. The number of nitrogens with zero attached hydrogens (tertiary/aromatic N) is 2. The summed E-state index contributed by atoms with van der Waals surface area (Å²) in [4.78, 5) is 15.6. The number of rotatable bonds is 3. The van der Waals surface area contributed by atoms with Gasteiger partial charge in [-0.2, -0.15) is 4.73 Å². The topological polar surface area (TPSA) is 66.1 Å². The van der Waals surface area contributed by atoms with E-state index in [2.05, 4.69) is 4.98 Å². The summed E-state index contributed by atoms with van der Waals surface area (Å²) in [6.07, 6.45) is 0. The number of hydrogen-bond donors (Lipinski definition) is 0. The quantitative estimate of drug-likeness (QED) is 0.423. The monoisotopic (exact) mass is 294 g/mol. The van der Waals surface area contributed by atoms with Crippen molar-refractivity contribution in [1.82, 2.24) is 4.98 Å². The van der Waals surface area contributed by atoms with Crippen molar-refractivity contribution >= 4 is 17.0 Å². The smallest absolute Gasteiger partial charge is 0.303 e. The molecule has 0 bridgehead atoms. The zero-order valence-corrected chi connectivity index (χ0v) is 12.0. The number of carbonyl (C=O) groups is 1. The van der Waals surface area contributed by atoms with E-state index in [4.69, 9.17) is 4.74 Å². The minimum atomic E-state index is -0.411. The lowest BCUT2D eigenvalue weighted by molar-refractivity contribution is -0.566. The molecule has 1 aromatic heterocycles. The van der Waals surface area contributed by atoms with Crippen molar-refractivity contribution < 1.29 is 14.3 Å². The Bertz CT molecular complexity index is 832. The molecule has 0 unspecified atom stereocenters. The molecule has 0 atom stereocenters. The Balaban J connectivity index is 2.23. The number of esters is 1. The number of carbonyl (C=O) groups excluding carboxylic acids is 1. The maximum atomic E-state index is 12.7. The summed E-state index contributed by atoms with van der Waals surface area (Å²) >= 11 is 0. The third-order valence-corrected chi connectivity index (χ3v) is 3.29. The maximum Gasteiger partial charge on any atom is 0.303 e. The van der Waals surface area contributed by atoms with Crippen LogP contribution in [0.15, 0.2) is 54.6 Å². The van der Waals surface area contributed by atoms with Gasteiger partial charge in [-0.05, 0) is 18.2 Å². The van der Waals surface area contributed by atoms with Crippen molar-refractivity contribution in [3.63, 3.8) is 0 Å². The highest BCUT2D eigenvalue weighted by molar-refractivity contribution is 5.74. The fourth-order valence-electron chi connectivity index (χ4n) is 2.32.